The summed E-state index contributed by atoms with van der Waals surface area (Å²) in [5, 5.41) is 0. The second-order valence-corrected chi connectivity index (χ2v) is 6.41. The van der Waals surface area contributed by atoms with Crippen LogP contribution in [0.4, 0.5) is 0 Å². The van der Waals surface area contributed by atoms with Gasteiger partial charge in [-0.1, -0.05) is 13.8 Å². The Labute approximate surface area is 86.6 Å². The molecule has 0 saturated heterocycles. The Hall–Kier alpha value is -0.130. The molecular weight excluding hydrogens is 200 g/mol. The zero-order chi connectivity index (χ0) is 10.8. The molecule has 4 nitrogen and oxygen atoms in total. The van der Waals surface area contributed by atoms with Crippen molar-refractivity contribution in [2.45, 2.75) is 45.6 Å². The molecule has 0 aromatic heterocycles. The lowest BCUT2D eigenvalue weighted by molar-refractivity contribution is 0.218. The smallest absolute Gasteiger partial charge is 0.205 e. The summed E-state index contributed by atoms with van der Waals surface area (Å²) in [6.45, 7) is 4.46. The number of hydrogen-bond acceptors (Lipinski definition) is 2. The maximum Gasteiger partial charge on any atom is 0.276 e. The zero-order valence-corrected chi connectivity index (χ0v) is 9.95. The fourth-order valence-corrected chi connectivity index (χ4v) is 2.59. The topological polar surface area (TPSA) is 58.2 Å². The second-order valence-electron chi connectivity index (χ2n) is 4.76. The average molecular weight is 220 g/mol. The maximum absolute atomic E-state index is 11.2. The Kier molecular flexibility index (Phi) is 3.55. The summed E-state index contributed by atoms with van der Waals surface area (Å²) in [6.07, 6.45) is 4.05. The van der Waals surface area contributed by atoms with Crippen molar-refractivity contribution in [3.63, 3.8) is 0 Å². The van der Waals surface area contributed by atoms with Gasteiger partial charge in [-0.05, 0) is 31.1 Å². The molecule has 0 bridgehead atoms. The first-order chi connectivity index (χ1) is 6.35. The monoisotopic (exact) mass is 220 g/mol. The first-order valence-electron chi connectivity index (χ1n) is 5.05. The van der Waals surface area contributed by atoms with Crippen LogP contribution in [0.5, 0.6) is 0 Å². The first-order valence-corrected chi connectivity index (χ1v) is 6.54. The Morgan fingerprint density at radius 1 is 1.21 bits per heavy atom. The molecule has 1 aliphatic carbocycles. The van der Waals surface area contributed by atoms with Crippen molar-refractivity contribution in [2.24, 2.45) is 5.41 Å². The lowest BCUT2D eigenvalue weighted by Gasteiger charge is -2.34. The summed E-state index contributed by atoms with van der Waals surface area (Å²) in [5.41, 5.74) is 0.377. The molecule has 0 atom stereocenters. The van der Waals surface area contributed by atoms with Gasteiger partial charge < -0.3 is 0 Å². The van der Waals surface area contributed by atoms with Gasteiger partial charge in [0.15, 0.2) is 0 Å². The molecule has 0 spiro atoms. The fraction of sp³-hybridized carbons (Fsp3) is 1.00. The largest absolute Gasteiger partial charge is 0.276 e. The van der Waals surface area contributed by atoms with E-state index in [1.165, 1.54) is 7.05 Å². The molecule has 1 aliphatic rings. The molecule has 0 unspecified atom stereocenters. The summed E-state index contributed by atoms with van der Waals surface area (Å²) in [6, 6.07) is 0.112. The molecular formula is C9H20N2O2S. The third-order valence-corrected chi connectivity index (χ3v) is 4.11. The standard InChI is InChI=1S/C9H20N2O2S/c1-9(2)6-4-8(5-7-9)11-14(12,13)10-3/h8,10-11H,4-7H2,1-3H3. The maximum atomic E-state index is 11.2. The van der Waals surface area contributed by atoms with E-state index in [1.54, 1.807) is 0 Å². The summed E-state index contributed by atoms with van der Waals surface area (Å²) < 4.78 is 27.3. The molecule has 0 amide bonds. The van der Waals surface area contributed by atoms with Crippen LogP contribution < -0.4 is 9.44 Å². The van der Waals surface area contributed by atoms with Crippen LogP contribution in [0.2, 0.25) is 0 Å². The highest BCUT2D eigenvalue weighted by atomic mass is 32.2. The predicted molar refractivity (Wildman–Crippen MR) is 57.2 cm³/mol. The van der Waals surface area contributed by atoms with E-state index < -0.39 is 10.2 Å². The number of rotatable bonds is 3. The third-order valence-electron chi connectivity index (χ3n) is 2.93. The van der Waals surface area contributed by atoms with Gasteiger partial charge in [0.1, 0.15) is 0 Å². The summed E-state index contributed by atoms with van der Waals surface area (Å²) in [7, 11) is -1.83. The first kappa shape index (κ1) is 11.9. The number of nitrogens with one attached hydrogen (secondary N) is 2. The van der Waals surface area contributed by atoms with Gasteiger partial charge >= 0.3 is 0 Å². The van der Waals surface area contributed by atoms with Crippen LogP contribution in [0.25, 0.3) is 0 Å². The normalized spacial score (nSPS) is 23.6. The molecule has 0 heterocycles. The van der Waals surface area contributed by atoms with E-state index in [4.69, 9.17) is 0 Å². The molecule has 0 radical (unpaired) electrons. The van der Waals surface area contributed by atoms with E-state index in [0.29, 0.717) is 5.41 Å². The van der Waals surface area contributed by atoms with Gasteiger partial charge in [-0.25, -0.2) is 4.72 Å². The highest BCUT2D eigenvalue weighted by molar-refractivity contribution is 7.87. The summed E-state index contributed by atoms with van der Waals surface area (Å²) in [4.78, 5) is 0. The Bertz CT molecular complexity index is 275. The van der Waals surface area contributed by atoms with Gasteiger partial charge in [-0.3, -0.25) is 0 Å². The minimum absolute atomic E-state index is 0.112. The molecule has 84 valence electrons. The van der Waals surface area contributed by atoms with Gasteiger partial charge in [0, 0.05) is 13.1 Å². The van der Waals surface area contributed by atoms with Gasteiger partial charge in [-0.2, -0.15) is 13.1 Å². The number of hydrogen-bond donors (Lipinski definition) is 2. The minimum Gasteiger partial charge on any atom is -0.205 e. The Morgan fingerprint density at radius 3 is 2.14 bits per heavy atom. The van der Waals surface area contributed by atoms with Crippen molar-refractivity contribution >= 4 is 10.2 Å². The molecule has 0 aromatic rings. The molecule has 5 heteroatoms. The van der Waals surface area contributed by atoms with Crippen molar-refractivity contribution in [1.29, 1.82) is 0 Å². The predicted octanol–water partition coefficient (Wildman–Crippen LogP) is 1.01. The SMILES string of the molecule is CNS(=O)(=O)NC1CCC(C)(C)CC1. The van der Waals surface area contributed by atoms with Crippen LogP contribution in [0.15, 0.2) is 0 Å². The molecule has 0 aromatic carbocycles. The summed E-state index contributed by atoms with van der Waals surface area (Å²) in [5.74, 6) is 0. The second kappa shape index (κ2) is 4.16. The molecule has 1 fully saturated rings. The Balaban J connectivity index is 2.44. The van der Waals surface area contributed by atoms with Gasteiger partial charge in [0.2, 0.25) is 0 Å². The Morgan fingerprint density at radius 2 is 1.71 bits per heavy atom. The van der Waals surface area contributed by atoms with Gasteiger partial charge in [0.05, 0.1) is 0 Å². The van der Waals surface area contributed by atoms with Crippen molar-refractivity contribution < 1.29 is 8.42 Å². The highest BCUT2D eigenvalue weighted by Crippen LogP contribution is 2.35. The van der Waals surface area contributed by atoms with Crippen LogP contribution in [-0.2, 0) is 10.2 Å². The van der Waals surface area contributed by atoms with E-state index in [-0.39, 0.29) is 6.04 Å². The quantitative estimate of drug-likeness (QED) is 0.745. The average Bonchev–Trinajstić information content (AvgIpc) is 2.09. The zero-order valence-electron chi connectivity index (χ0n) is 9.13. The van der Waals surface area contributed by atoms with Crippen molar-refractivity contribution in [2.75, 3.05) is 7.05 Å². The van der Waals surface area contributed by atoms with Gasteiger partial charge in [0.25, 0.3) is 10.2 Å². The minimum atomic E-state index is -3.26. The lowest BCUT2D eigenvalue weighted by atomic mass is 9.76. The van der Waals surface area contributed by atoms with Gasteiger partial charge in [-0.15, -0.1) is 0 Å². The molecule has 2 N–H and O–H groups in total. The molecule has 1 saturated carbocycles. The van der Waals surface area contributed by atoms with Crippen molar-refractivity contribution in [1.82, 2.24) is 9.44 Å². The van der Waals surface area contributed by atoms with Crippen LogP contribution in [0, 0.1) is 5.41 Å². The summed E-state index contributed by atoms with van der Waals surface area (Å²) >= 11 is 0. The van der Waals surface area contributed by atoms with E-state index in [0.717, 1.165) is 25.7 Å². The van der Waals surface area contributed by atoms with E-state index in [1.807, 2.05) is 0 Å². The highest BCUT2D eigenvalue weighted by Gasteiger charge is 2.28. The molecule has 14 heavy (non-hydrogen) atoms. The molecule has 1 rings (SSSR count). The fourth-order valence-electron chi connectivity index (χ4n) is 1.80. The van der Waals surface area contributed by atoms with Crippen LogP contribution >= 0.6 is 0 Å². The van der Waals surface area contributed by atoms with Crippen LogP contribution in [-0.4, -0.2) is 21.5 Å². The van der Waals surface area contributed by atoms with Crippen LogP contribution in [0.3, 0.4) is 0 Å². The molecule has 0 aliphatic heterocycles. The van der Waals surface area contributed by atoms with Crippen LogP contribution in [0.1, 0.15) is 39.5 Å². The third kappa shape index (κ3) is 3.55. The lowest BCUT2D eigenvalue weighted by Crippen LogP contribution is -2.43. The van der Waals surface area contributed by atoms with Crippen molar-refractivity contribution in [3.05, 3.63) is 0 Å². The van der Waals surface area contributed by atoms with E-state index in [2.05, 4.69) is 23.3 Å². The van der Waals surface area contributed by atoms with Crippen molar-refractivity contribution in [3.8, 4) is 0 Å². The van der Waals surface area contributed by atoms with E-state index >= 15 is 0 Å². The van der Waals surface area contributed by atoms with E-state index in [9.17, 15) is 8.42 Å².